The molecule has 0 aliphatic rings. The Morgan fingerprint density at radius 3 is 2.48 bits per heavy atom. The second kappa shape index (κ2) is 9.62. The molecular weight excluding hydrogens is 354 g/mol. The predicted octanol–water partition coefficient (Wildman–Crippen LogP) is 4.39. The zero-order valence-electron chi connectivity index (χ0n) is 16.1. The molecule has 1 heterocycles. The van der Waals surface area contributed by atoms with Gasteiger partial charge in [0.05, 0.1) is 15.2 Å². The van der Waals surface area contributed by atoms with E-state index in [2.05, 4.69) is 53.3 Å². The van der Waals surface area contributed by atoms with E-state index in [1.807, 2.05) is 24.3 Å². The molecule has 0 atom stereocenters. The maximum Gasteiger partial charge on any atom is 0.220 e. The molecule has 0 spiro atoms. The SMILES string of the molecule is CCN(CC)Cc1ccccc1CNC(=O)CCc1nc2ccccc2s1. The van der Waals surface area contributed by atoms with Crippen LogP contribution in [-0.4, -0.2) is 28.9 Å². The highest BCUT2D eigenvalue weighted by molar-refractivity contribution is 7.18. The van der Waals surface area contributed by atoms with Gasteiger partial charge in [0.1, 0.15) is 0 Å². The second-order valence-corrected chi connectivity index (χ2v) is 7.70. The molecule has 4 nitrogen and oxygen atoms in total. The third kappa shape index (κ3) is 5.37. The number of nitrogens with zero attached hydrogens (tertiary/aromatic N) is 2. The number of nitrogens with one attached hydrogen (secondary N) is 1. The number of fused-ring (bicyclic) bond motifs is 1. The predicted molar refractivity (Wildman–Crippen MR) is 113 cm³/mol. The first-order valence-corrected chi connectivity index (χ1v) is 10.4. The van der Waals surface area contributed by atoms with E-state index in [0.717, 1.165) is 30.2 Å². The summed E-state index contributed by atoms with van der Waals surface area (Å²) in [4.78, 5) is 19.3. The van der Waals surface area contributed by atoms with Crippen molar-refractivity contribution in [3.8, 4) is 0 Å². The Kier molecular flexibility index (Phi) is 6.96. The van der Waals surface area contributed by atoms with Crippen LogP contribution < -0.4 is 5.32 Å². The number of rotatable bonds is 9. The Labute approximate surface area is 165 Å². The lowest BCUT2D eigenvalue weighted by atomic mass is 10.1. The molecule has 3 aromatic rings. The number of hydrogen-bond acceptors (Lipinski definition) is 4. The zero-order valence-corrected chi connectivity index (χ0v) is 16.9. The van der Waals surface area contributed by atoms with Gasteiger partial charge < -0.3 is 5.32 Å². The molecule has 0 radical (unpaired) electrons. The first-order chi connectivity index (χ1) is 13.2. The molecule has 0 bridgehead atoms. The van der Waals surface area contributed by atoms with Crippen LogP contribution in [0, 0.1) is 0 Å². The number of aryl methyl sites for hydroxylation is 1. The lowest BCUT2D eigenvalue weighted by Crippen LogP contribution is -2.26. The summed E-state index contributed by atoms with van der Waals surface area (Å²) in [7, 11) is 0. The van der Waals surface area contributed by atoms with E-state index in [9.17, 15) is 4.79 Å². The van der Waals surface area contributed by atoms with E-state index in [4.69, 9.17) is 0 Å². The van der Waals surface area contributed by atoms with Crippen molar-refractivity contribution in [1.29, 1.82) is 0 Å². The van der Waals surface area contributed by atoms with Crippen LogP contribution in [0.3, 0.4) is 0 Å². The van der Waals surface area contributed by atoms with Gasteiger partial charge in [-0.1, -0.05) is 50.2 Å². The van der Waals surface area contributed by atoms with Gasteiger partial charge in [-0.3, -0.25) is 9.69 Å². The third-order valence-electron chi connectivity index (χ3n) is 4.79. The van der Waals surface area contributed by atoms with Crippen molar-refractivity contribution < 1.29 is 4.79 Å². The van der Waals surface area contributed by atoms with E-state index in [1.54, 1.807) is 11.3 Å². The van der Waals surface area contributed by atoms with Crippen molar-refractivity contribution in [3.63, 3.8) is 0 Å². The number of carbonyl (C=O) groups is 1. The van der Waals surface area contributed by atoms with Gasteiger partial charge in [-0.05, 0) is 36.3 Å². The van der Waals surface area contributed by atoms with Crippen LogP contribution in [-0.2, 0) is 24.3 Å². The van der Waals surface area contributed by atoms with Gasteiger partial charge in [-0.15, -0.1) is 11.3 Å². The number of aromatic nitrogens is 1. The first kappa shape index (κ1) is 19.5. The molecule has 0 fully saturated rings. The van der Waals surface area contributed by atoms with Crippen molar-refractivity contribution >= 4 is 27.5 Å². The number of thiazole rings is 1. The Bertz CT molecular complexity index is 853. The number of hydrogen-bond donors (Lipinski definition) is 1. The van der Waals surface area contributed by atoms with Crippen LogP contribution in [0.15, 0.2) is 48.5 Å². The summed E-state index contributed by atoms with van der Waals surface area (Å²) in [5, 5.41) is 4.09. The molecule has 1 N–H and O–H groups in total. The van der Waals surface area contributed by atoms with Gasteiger partial charge in [0.25, 0.3) is 0 Å². The number of carbonyl (C=O) groups excluding carboxylic acids is 1. The normalized spacial score (nSPS) is 11.2. The van der Waals surface area contributed by atoms with Crippen LogP contribution in [0.4, 0.5) is 0 Å². The lowest BCUT2D eigenvalue weighted by Gasteiger charge is -2.20. The van der Waals surface area contributed by atoms with Crippen molar-refractivity contribution in [2.24, 2.45) is 0 Å². The quantitative estimate of drug-likeness (QED) is 0.598. The molecule has 1 amide bonds. The Morgan fingerprint density at radius 2 is 1.74 bits per heavy atom. The Balaban J connectivity index is 1.53. The highest BCUT2D eigenvalue weighted by Crippen LogP contribution is 2.22. The summed E-state index contributed by atoms with van der Waals surface area (Å²) in [6, 6.07) is 16.5. The molecule has 142 valence electrons. The molecule has 0 aliphatic carbocycles. The molecule has 27 heavy (non-hydrogen) atoms. The van der Waals surface area contributed by atoms with Crippen molar-refractivity contribution in [1.82, 2.24) is 15.2 Å². The van der Waals surface area contributed by atoms with Gasteiger partial charge in [-0.2, -0.15) is 0 Å². The van der Waals surface area contributed by atoms with Crippen LogP contribution in [0.5, 0.6) is 0 Å². The molecule has 3 rings (SSSR count). The molecule has 0 saturated carbocycles. The highest BCUT2D eigenvalue weighted by Gasteiger charge is 2.09. The summed E-state index contributed by atoms with van der Waals surface area (Å²) >= 11 is 1.67. The van der Waals surface area contributed by atoms with Gasteiger partial charge in [0.2, 0.25) is 5.91 Å². The van der Waals surface area contributed by atoms with Gasteiger partial charge in [-0.25, -0.2) is 4.98 Å². The fourth-order valence-electron chi connectivity index (χ4n) is 3.10. The van der Waals surface area contributed by atoms with Crippen molar-refractivity contribution in [2.75, 3.05) is 13.1 Å². The molecular formula is C22H27N3OS. The van der Waals surface area contributed by atoms with Gasteiger partial charge in [0, 0.05) is 25.9 Å². The number of amides is 1. The highest BCUT2D eigenvalue weighted by atomic mass is 32.1. The molecule has 0 aliphatic heterocycles. The van der Waals surface area contributed by atoms with E-state index in [1.165, 1.54) is 15.8 Å². The minimum atomic E-state index is 0.0758. The third-order valence-corrected chi connectivity index (χ3v) is 5.88. The van der Waals surface area contributed by atoms with Crippen molar-refractivity contribution in [2.45, 2.75) is 39.8 Å². The smallest absolute Gasteiger partial charge is 0.220 e. The van der Waals surface area contributed by atoms with Crippen molar-refractivity contribution in [3.05, 3.63) is 64.7 Å². The number of benzene rings is 2. The topological polar surface area (TPSA) is 45.2 Å². The molecule has 5 heteroatoms. The first-order valence-electron chi connectivity index (χ1n) is 9.59. The zero-order chi connectivity index (χ0) is 19.1. The molecule has 1 aromatic heterocycles. The van der Waals surface area contributed by atoms with Crippen LogP contribution in [0.1, 0.15) is 36.4 Å². The number of para-hydroxylation sites is 1. The van der Waals surface area contributed by atoms with Crippen LogP contribution in [0.2, 0.25) is 0 Å². The summed E-state index contributed by atoms with van der Waals surface area (Å²) in [5.41, 5.74) is 3.49. The second-order valence-electron chi connectivity index (χ2n) is 6.58. The maximum atomic E-state index is 12.3. The molecule has 2 aromatic carbocycles. The Morgan fingerprint density at radius 1 is 1.04 bits per heavy atom. The average molecular weight is 382 g/mol. The fourth-order valence-corrected chi connectivity index (χ4v) is 4.07. The fraction of sp³-hybridized carbons (Fsp3) is 0.364. The van der Waals surface area contributed by atoms with E-state index < -0.39 is 0 Å². The van der Waals surface area contributed by atoms with Gasteiger partial charge >= 0.3 is 0 Å². The summed E-state index contributed by atoms with van der Waals surface area (Å²) in [6.45, 7) is 7.91. The molecule has 0 saturated heterocycles. The van der Waals surface area contributed by atoms with Crippen LogP contribution in [0.25, 0.3) is 10.2 Å². The largest absolute Gasteiger partial charge is 0.352 e. The maximum absolute atomic E-state index is 12.3. The van der Waals surface area contributed by atoms with Gasteiger partial charge in [0.15, 0.2) is 0 Å². The summed E-state index contributed by atoms with van der Waals surface area (Å²) < 4.78 is 1.18. The van der Waals surface area contributed by atoms with E-state index >= 15 is 0 Å². The minimum absolute atomic E-state index is 0.0758. The Hall–Kier alpha value is -2.24. The summed E-state index contributed by atoms with van der Waals surface area (Å²) in [5.74, 6) is 0.0758. The molecule has 0 unspecified atom stereocenters. The average Bonchev–Trinajstić information content (AvgIpc) is 3.12. The van der Waals surface area contributed by atoms with E-state index in [-0.39, 0.29) is 5.91 Å². The van der Waals surface area contributed by atoms with E-state index in [0.29, 0.717) is 19.4 Å². The summed E-state index contributed by atoms with van der Waals surface area (Å²) in [6.07, 6.45) is 1.16. The van der Waals surface area contributed by atoms with Crippen LogP contribution >= 0.6 is 11.3 Å². The lowest BCUT2D eigenvalue weighted by molar-refractivity contribution is -0.121. The minimum Gasteiger partial charge on any atom is -0.352 e. The standard InChI is InChI=1S/C22H27N3OS/c1-3-25(4-2)16-18-10-6-5-9-17(18)15-23-21(26)13-14-22-24-19-11-7-8-12-20(19)27-22/h5-12H,3-4,13-16H2,1-2H3,(H,23,26). The monoisotopic (exact) mass is 381 g/mol.